The molecule has 2 heterocycles. The molecule has 0 bridgehead atoms. The highest BCUT2D eigenvalue weighted by atomic mass is 16.6. The Morgan fingerprint density at radius 3 is 2.46 bits per heavy atom. The van der Waals surface area contributed by atoms with Crippen LogP contribution < -0.4 is 5.56 Å². The predicted molar refractivity (Wildman–Crippen MR) is 145 cm³/mol. The smallest absolute Gasteiger partial charge is 0.411 e. The van der Waals surface area contributed by atoms with Crippen molar-refractivity contribution in [2.75, 3.05) is 6.54 Å². The third-order valence-corrected chi connectivity index (χ3v) is 7.94. The summed E-state index contributed by atoms with van der Waals surface area (Å²) in [6, 6.07) is 12.0. The normalized spacial score (nSPS) is 25.0. The number of ether oxygens (including phenoxy) is 1. The summed E-state index contributed by atoms with van der Waals surface area (Å²) in [5.41, 5.74) is 2.25. The first-order valence-corrected chi connectivity index (χ1v) is 13.5. The van der Waals surface area contributed by atoms with Crippen molar-refractivity contribution < 1.29 is 14.6 Å². The van der Waals surface area contributed by atoms with Crippen molar-refractivity contribution in [2.24, 2.45) is 5.92 Å². The van der Waals surface area contributed by atoms with Gasteiger partial charge in [0.2, 0.25) is 0 Å². The van der Waals surface area contributed by atoms with E-state index in [1.54, 1.807) is 24.8 Å². The molecule has 37 heavy (non-hydrogen) atoms. The highest BCUT2D eigenvalue weighted by Crippen LogP contribution is 2.43. The Labute approximate surface area is 219 Å². The SMILES string of the molecule is CC1C=CC=C(C2(CC(C)(C)O)CCN(C(C)c3ccc(-c4ccn(C5CC5)c(=O)c4)cc3)C(=O)O2)C1. The summed E-state index contributed by atoms with van der Waals surface area (Å²) in [4.78, 5) is 27.6. The van der Waals surface area contributed by atoms with Crippen molar-refractivity contribution in [1.82, 2.24) is 9.47 Å². The van der Waals surface area contributed by atoms with Crippen molar-refractivity contribution in [2.45, 2.75) is 83.1 Å². The van der Waals surface area contributed by atoms with E-state index in [1.807, 2.05) is 54.1 Å². The van der Waals surface area contributed by atoms with Gasteiger partial charge in [0, 0.05) is 37.7 Å². The zero-order valence-corrected chi connectivity index (χ0v) is 22.3. The van der Waals surface area contributed by atoms with Crippen LogP contribution in [0.5, 0.6) is 0 Å². The minimum absolute atomic E-state index is 0.0426. The summed E-state index contributed by atoms with van der Waals surface area (Å²) in [5.74, 6) is 0.369. The molecule has 1 aromatic carbocycles. The zero-order valence-electron chi connectivity index (χ0n) is 22.3. The average molecular weight is 503 g/mol. The van der Waals surface area contributed by atoms with E-state index in [0.29, 0.717) is 31.3 Å². The van der Waals surface area contributed by atoms with Crippen LogP contribution in [0.1, 0.15) is 77.4 Å². The maximum atomic E-state index is 13.4. The summed E-state index contributed by atoms with van der Waals surface area (Å²) >= 11 is 0. The fourth-order valence-corrected chi connectivity index (χ4v) is 5.82. The number of cyclic esters (lactones) is 1. The van der Waals surface area contributed by atoms with Crippen LogP contribution >= 0.6 is 0 Å². The van der Waals surface area contributed by atoms with Gasteiger partial charge in [0.05, 0.1) is 11.6 Å². The van der Waals surface area contributed by atoms with E-state index >= 15 is 0 Å². The monoisotopic (exact) mass is 502 g/mol. The largest absolute Gasteiger partial charge is 0.438 e. The van der Waals surface area contributed by atoms with Gasteiger partial charge in [-0.05, 0) is 74.3 Å². The molecule has 6 nitrogen and oxygen atoms in total. The number of benzene rings is 1. The second kappa shape index (κ2) is 9.64. The molecule has 2 fully saturated rings. The predicted octanol–water partition coefficient (Wildman–Crippen LogP) is 6.18. The van der Waals surface area contributed by atoms with Crippen LogP contribution in [0, 0.1) is 5.92 Å². The van der Waals surface area contributed by atoms with E-state index in [0.717, 1.165) is 41.5 Å². The van der Waals surface area contributed by atoms with Crippen molar-refractivity contribution in [3.05, 3.63) is 82.3 Å². The highest BCUT2D eigenvalue weighted by molar-refractivity contribution is 5.71. The summed E-state index contributed by atoms with van der Waals surface area (Å²) in [5, 5.41) is 10.7. The number of hydrogen-bond acceptors (Lipinski definition) is 4. The Hall–Kier alpha value is -3.12. The van der Waals surface area contributed by atoms with Gasteiger partial charge in [-0.15, -0.1) is 0 Å². The molecule has 1 saturated carbocycles. The number of nitrogens with zero attached hydrogens (tertiary/aromatic N) is 2. The summed E-state index contributed by atoms with van der Waals surface area (Å²) in [6.07, 6.45) is 11.8. The van der Waals surface area contributed by atoms with Gasteiger partial charge in [0.25, 0.3) is 5.56 Å². The molecule has 3 aliphatic rings. The number of aromatic nitrogens is 1. The number of carbonyl (C=O) groups is 1. The van der Waals surface area contributed by atoms with Crippen molar-refractivity contribution in [1.29, 1.82) is 0 Å². The van der Waals surface area contributed by atoms with Gasteiger partial charge in [-0.3, -0.25) is 4.79 Å². The van der Waals surface area contributed by atoms with E-state index in [-0.39, 0.29) is 17.7 Å². The minimum Gasteiger partial charge on any atom is -0.438 e. The van der Waals surface area contributed by atoms with Crippen molar-refractivity contribution in [3.63, 3.8) is 0 Å². The molecule has 5 rings (SSSR count). The number of aliphatic hydroxyl groups is 1. The van der Waals surface area contributed by atoms with Gasteiger partial charge in [0.15, 0.2) is 0 Å². The van der Waals surface area contributed by atoms with Gasteiger partial charge in [-0.1, -0.05) is 49.4 Å². The van der Waals surface area contributed by atoms with Crippen LogP contribution in [0.25, 0.3) is 11.1 Å². The molecule has 6 heteroatoms. The molecule has 1 N–H and O–H groups in total. The standard InChI is InChI=1S/C31H38N2O4/c1-21-6-5-7-26(18-21)31(20-30(3,4)36)15-17-32(29(35)37-31)22(2)23-8-10-24(11-9-23)25-14-16-33(27-12-13-27)28(34)19-25/h5-11,14,16,19,21-22,27,36H,12-13,15,17-18,20H2,1-4H3. The molecule has 0 spiro atoms. The first-order valence-electron chi connectivity index (χ1n) is 13.5. The fraction of sp³-hybridized carbons (Fsp3) is 0.484. The average Bonchev–Trinajstić information content (AvgIpc) is 3.68. The molecule has 1 aliphatic heterocycles. The molecule has 1 amide bonds. The Bertz CT molecular complexity index is 1280. The number of allylic oxidation sites excluding steroid dienone is 3. The number of pyridine rings is 1. The molecule has 2 aromatic rings. The van der Waals surface area contributed by atoms with E-state index in [9.17, 15) is 14.7 Å². The Morgan fingerprint density at radius 1 is 1.14 bits per heavy atom. The Kier molecular flexibility index (Phi) is 6.65. The van der Waals surface area contributed by atoms with E-state index in [2.05, 4.69) is 19.1 Å². The maximum Gasteiger partial charge on any atom is 0.411 e. The summed E-state index contributed by atoms with van der Waals surface area (Å²) in [6.45, 7) is 8.26. The lowest BCUT2D eigenvalue weighted by Gasteiger charge is -2.47. The van der Waals surface area contributed by atoms with Gasteiger partial charge in [-0.2, -0.15) is 0 Å². The Morgan fingerprint density at radius 2 is 1.86 bits per heavy atom. The van der Waals surface area contributed by atoms with Gasteiger partial charge < -0.3 is 19.3 Å². The van der Waals surface area contributed by atoms with E-state index < -0.39 is 11.2 Å². The lowest BCUT2D eigenvalue weighted by atomic mass is 9.75. The van der Waals surface area contributed by atoms with Gasteiger partial charge in [-0.25, -0.2) is 4.79 Å². The number of rotatable bonds is 7. The van der Waals surface area contributed by atoms with Crippen LogP contribution in [0.2, 0.25) is 0 Å². The zero-order chi connectivity index (χ0) is 26.4. The van der Waals surface area contributed by atoms with Crippen LogP contribution in [0.15, 0.2) is 71.2 Å². The third kappa shape index (κ3) is 5.45. The molecule has 2 aliphatic carbocycles. The topological polar surface area (TPSA) is 71.8 Å². The lowest BCUT2D eigenvalue weighted by molar-refractivity contribution is -0.0782. The van der Waals surface area contributed by atoms with Crippen LogP contribution in [-0.4, -0.2) is 38.4 Å². The number of hydrogen-bond donors (Lipinski definition) is 1. The molecule has 1 saturated heterocycles. The lowest BCUT2D eigenvalue weighted by Crippen LogP contribution is -2.54. The summed E-state index contributed by atoms with van der Waals surface area (Å²) in [7, 11) is 0. The summed E-state index contributed by atoms with van der Waals surface area (Å²) < 4.78 is 8.04. The third-order valence-electron chi connectivity index (χ3n) is 7.94. The first kappa shape index (κ1) is 25.5. The van der Waals surface area contributed by atoms with E-state index in [1.165, 1.54) is 0 Å². The van der Waals surface area contributed by atoms with Gasteiger partial charge in [0.1, 0.15) is 5.60 Å². The van der Waals surface area contributed by atoms with Crippen LogP contribution in [0.4, 0.5) is 4.79 Å². The second-order valence-corrected chi connectivity index (χ2v) is 11.7. The molecular formula is C31H38N2O4. The highest BCUT2D eigenvalue weighted by Gasteiger charge is 2.47. The number of amides is 1. The van der Waals surface area contributed by atoms with Crippen molar-refractivity contribution in [3.8, 4) is 11.1 Å². The van der Waals surface area contributed by atoms with Gasteiger partial charge >= 0.3 is 6.09 Å². The first-order chi connectivity index (χ1) is 17.5. The van der Waals surface area contributed by atoms with Crippen molar-refractivity contribution >= 4 is 6.09 Å². The quantitative estimate of drug-likeness (QED) is 0.491. The maximum absolute atomic E-state index is 13.4. The Balaban J connectivity index is 1.32. The molecular weight excluding hydrogens is 464 g/mol. The van der Waals surface area contributed by atoms with Crippen LogP contribution in [-0.2, 0) is 4.74 Å². The minimum atomic E-state index is -0.964. The second-order valence-electron chi connectivity index (χ2n) is 11.7. The fourth-order valence-electron chi connectivity index (χ4n) is 5.82. The van der Waals surface area contributed by atoms with E-state index in [4.69, 9.17) is 4.74 Å². The molecule has 3 atom stereocenters. The molecule has 0 radical (unpaired) electrons. The molecule has 3 unspecified atom stereocenters. The molecule has 1 aromatic heterocycles. The molecule has 196 valence electrons. The van der Waals surface area contributed by atoms with Crippen LogP contribution in [0.3, 0.4) is 0 Å². The number of carbonyl (C=O) groups excluding carboxylic acids is 1.